The number of aromatic nitrogens is 2. The van der Waals surface area contributed by atoms with E-state index in [1.165, 1.54) is 12.1 Å². The van der Waals surface area contributed by atoms with E-state index in [4.69, 9.17) is 0 Å². The van der Waals surface area contributed by atoms with Gasteiger partial charge in [-0.25, -0.2) is 13.5 Å². The molecule has 1 aromatic heterocycles. The Morgan fingerprint density at radius 2 is 2.00 bits per heavy atom. The number of nitrogens with one attached hydrogen (secondary N) is 1. The Balaban J connectivity index is 2.20. The number of anilines is 1. The molecule has 0 fully saturated rings. The molecule has 1 aliphatic heterocycles. The van der Waals surface area contributed by atoms with Gasteiger partial charge in [0.05, 0.1) is 5.69 Å². The van der Waals surface area contributed by atoms with Crippen molar-refractivity contribution >= 4 is 5.82 Å². The van der Waals surface area contributed by atoms with Crippen LogP contribution >= 0.6 is 0 Å². The molecule has 1 N–H and O–H groups in total. The Morgan fingerprint density at radius 1 is 1.25 bits per heavy atom. The van der Waals surface area contributed by atoms with E-state index in [0.29, 0.717) is 0 Å². The minimum absolute atomic E-state index is 0.113. The Morgan fingerprint density at radius 3 is 2.65 bits per heavy atom. The molecular weight excluding hydrogens is 260 g/mol. The van der Waals surface area contributed by atoms with Gasteiger partial charge in [0.25, 0.3) is 0 Å². The van der Waals surface area contributed by atoms with Crippen LogP contribution < -0.4 is 5.32 Å². The highest BCUT2D eigenvalue weighted by molar-refractivity contribution is 5.58. The van der Waals surface area contributed by atoms with Gasteiger partial charge in [0.15, 0.2) is 5.82 Å². The van der Waals surface area contributed by atoms with Crippen LogP contribution in [0.4, 0.5) is 14.6 Å². The average molecular weight is 277 g/mol. The number of hydrogen-bond donors (Lipinski definition) is 1. The zero-order chi connectivity index (χ0) is 14.5. The Bertz CT molecular complexity index is 668. The molecule has 0 saturated heterocycles. The lowest BCUT2D eigenvalue weighted by Crippen LogP contribution is -2.15. The lowest BCUT2D eigenvalue weighted by atomic mass is 9.89. The van der Waals surface area contributed by atoms with Gasteiger partial charge in [-0.1, -0.05) is 20.8 Å². The molecule has 0 aliphatic carbocycles. The number of halogens is 2. The van der Waals surface area contributed by atoms with E-state index in [2.05, 4.69) is 31.2 Å². The van der Waals surface area contributed by atoms with Crippen molar-refractivity contribution in [1.29, 1.82) is 0 Å². The van der Waals surface area contributed by atoms with E-state index >= 15 is 0 Å². The zero-order valence-corrected chi connectivity index (χ0v) is 11.8. The molecule has 2 aromatic rings. The van der Waals surface area contributed by atoms with E-state index < -0.39 is 11.6 Å². The van der Waals surface area contributed by atoms with Gasteiger partial charge in [0.1, 0.15) is 17.3 Å². The molecule has 0 bridgehead atoms. The van der Waals surface area contributed by atoms with E-state index in [1.807, 2.05) is 0 Å². The van der Waals surface area contributed by atoms with Crippen LogP contribution in [0, 0.1) is 11.6 Å². The first-order chi connectivity index (χ1) is 9.38. The number of hydrogen-bond acceptors (Lipinski definition) is 2. The van der Waals surface area contributed by atoms with Gasteiger partial charge < -0.3 is 5.32 Å². The fourth-order valence-electron chi connectivity index (χ4n) is 2.60. The smallest absolute Gasteiger partial charge is 0.151 e. The minimum Gasteiger partial charge on any atom is -0.369 e. The molecule has 0 saturated carbocycles. The largest absolute Gasteiger partial charge is 0.369 e. The van der Waals surface area contributed by atoms with Gasteiger partial charge in [0, 0.05) is 23.6 Å². The molecule has 1 aromatic carbocycles. The van der Waals surface area contributed by atoms with E-state index in [-0.39, 0.29) is 11.1 Å². The highest BCUT2D eigenvalue weighted by Crippen LogP contribution is 2.35. The lowest BCUT2D eigenvalue weighted by Gasteiger charge is -2.16. The molecule has 0 unspecified atom stereocenters. The number of nitrogens with zero attached hydrogens (tertiary/aromatic N) is 2. The van der Waals surface area contributed by atoms with Crippen molar-refractivity contribution in [3.63, 3.8) is 0 Å². The molecule has 3 nitrogen and oxygen atoms in total. The van der Waals surface area contributed by atoms with E-state index in [9.17, 15) is 8.78 Å². The quantitative estimate of drug-likeness (QED) is 0.865. The van der Waals surface area contributed by atoms with Crippen molar-refractivity contribution in [2.75, 3.05) is 11.9 Å². The second-order valence-electron chi connectivity index (χ2n) is 6.11. The molecular formula is C15H17F2N3. The maximum Gasteiger partial charge on any atom is 0.151 e. The van der Waals surface area contributed by atoms with Crippen molar-refractivity contribution in [1.82, 2.24) is 9.78 Å². The van der Waals surface area contributed by atoms with E-state index in [0.717, 1.165) is 36.1 Å². The number of fused-ring (bicyclic) bond motifs is 1. The molecule has 0 spiro atoms. The van der Waals surface area contributed by atoms with Crippen LogP contribution in [0.3, 0.4) is 0 Å². The van der Waals surface area contributed by atoms with Gasteiger partial charge in [-0.3, -0.25) is 0 Å². The van der Waals surface area contributed by atoms with Crippen molar-refractivity contribution in [2.45, 2.75) is 32.6 Å². The van der Waals surface area contributed by atoms with E-state index in [1.54, 1.807) is 4.68 Å². The average Bonchev–Trinajstić information content (AvgIpc) is 2.89. The first kappa shape index (κ1) is 13.1. The molecule has 5 heteroatoms. The van der Waals surface area contributed by atoms with Crippen LogP contribution in [0.1, 0.15) is 32.0 Å². The third kappa shape index (κ3) is 1.97. The summed E-state index contributed by atoms with van der Waals surface area (Å²) in [7, 11) is 0. The number of benzene rings is 1. The summed E-state index contributed by atoms with van der Waals surface area (Å²) in [6, 6.07) is 3.55. The highest BCUT2D eigenvalue weighted by atomic mass is 19.1. The zero-order valence-electron chi connectivity index (χ0n) is 11.8. The Kier molecular flexibility index (Phi) is 2.81. The third-order valence-corrected chi connectivity index (χ3v) is 3.50. The maximum atomic E-state index is 14.0. The lowest BCUT2D eigenvalue weighted by molar-refractivity contribution is 0.546. The van der Waals surface area contributed by atoms with Crippen molar-refractivity contribution in [2.24, 2.45) is 0 Å². The number of rotatable bonds is 1. The van der Waals surface area contributed by atoms with Gasteiger partial charge in [0.2, 0.25) is 0 Å². The van der Waals surface area contributed by atoms with Crippen molar-refractivity contribution in [3.8, 4) is 5.69 Å². The summed E-state index contributed by atoms with van der Waals surface area (Å²) >= 11 is 0. The van der Waals surface area contributed by atoms with Crippen molar-refractivity contribution < 1.29 is 8.78 Å². The molecule has 106 valence electrons. The summed E-state index contributed by atoms with van der Waals surface area (Å²) in [5.74, 6) is -0.371. The summed E-state index contributed by atoms with van der Waals surface area (Å²) in [4.78, 5) is 0. The molecule has 0 radical (unpaired) electrons. The van der Waals surface area contributed by atoms with Crippen LogP contribution in [-0.2, 0) is 11.8 Å². The predicted molar refractivity (Wildman–Crippen MR) is 74.4 cm³/mol. The fourth-order valence-corrected chi connectivity index (χ4v) is 2.60. The van der Waals surface area contributed by atoms with Crippen LogP contribution in [0.2, 0.25) is 0 Å². The molecule has 3 rings (SSSR count). The summed E-state index contributed by atoms with van der Waals surface area (Å²) in [5, 5.41) is 7.80. The molecule has 20 heavy (non-hydrogen) atoms. The molecule has 0 atom stereocenters. The molecule has 1 aliphatic rings. The van der Waals surface area contributed by atoms with Crippen molar-refractivity contribution in [3.05, 3.63) is 41.1 Å². The minimum atomic E-state index is -0.607. The summed E-state index contributed by atoms with van der Waals surface area (Å²) in [5.41, 5.74) is 2.24. The third-order valence-electron chi connectivity index (χ3n) is 3.50. The second kappa shape index (κ2) is 4.30. The first-order valence-corrected chi connectivity index (χ1v) is 6.69. The van der Waals surface area contributed by atoms with Crippen LogP contribution in [0.25, 0.3) is 5.69 Å². The second-order valence-corrected chi connectivity index (χ2v) is 6.11. The summed E-state index contributed by atoms with van der Waals surface area (Å²) < 4.78 is 28.6. The maximum absolute atomic E-state index is 14.0. The molecule has 0 amide bonds. The fraction of sp³-hybridized carbons (Fsp3) is 0.400. The van der Waals surface area contributed by atoms with Gasteiger partial charge >= 0.3 is 0 Å². The van der Waals surface area contributed by atoms with Gasteiger partial charge in [-0.15, -0.1) is 0 Å². The van der Waals surface area contributed by atoms with Crippen LogP contribution in [0.5, 0.6) is 0 Å². The van der Waals surface area contributed by atoms with Crippen LogP contribution in [0.15, 0.2) is 18.2 Å². The SMILES string of the molecule is CC(C)(C)c1nn(-c2ccc(F)cc2F)c2c1CCN2. The topological polar surface area (TPSA) is 29.9 Å². The van der Waals surface area contributed by atoms with Crippen LogP contribution in [-0.4, -0.2) is 16.3 Å². The Hall–Kier alpha value is -1.91. The predicted octanol–water partition coefficient (Wildman–Crippen LogP) is 3.42. The molecule has 2 heterocycles. The summed E-state index contributed by atoms with van der Waals surface area (Å²) in [6.45, 7) is 7.07. The monoisotopic (exact) mass is 277 g/mol. The normalized spacial score (nSPS) is 14.2. The van der Waals surface area contributed by atoms with Gasteiger partial charge in [-0.05, 0) is 18.6 Å². The first-order valence-electron chi connectivity index (χ1n) is 6.69. The standard InChI is InChI=1S/C15H17F2N3/c1-15(2,3)13-10-6-7-18-14(10)20(19-13)12-5-4-9(16)8-11(12)17/h4-5,8,18H,6-7H2,1-3H3. The Labute approximate surface area is 116 Å². The summed E-state index contributed by atoms with van der Waals surface area (Å²) in [6.07, 6.45) is 0.880. The van der Waals surface area contributed by atoms with Gasteiger partial charge in [-0.2, -0.15) is 5.10 Å². The highest BCUT2D eigenvalue weighted by Gasteiger charge is 2.30.